The van der Waals surface area contributed by atoms with Gasteiger partial charge in [0.2, 0.25) is 0 Å². The molecule has 0 aliphatic heterocycles. The van der Waals surface area contributed by atoms with Crippen LogP contribution in [0, 0.1) is 0 Å². The van der Waals surface area contributed by atoms with Crippen LogP contribution in [0.25, 0.3) is 16.8 Å². The fourth-order valence-electron chi connectivity index (χ4n) is 2.59. The lowest BCUT2D eigenvalue weighted by Crippen LogP contribution is -2.01. The van der Waals surface area contributed by atoms with Crippen LogP contribution in [-0.4, -0.2) is 17.0 Å². The van der Waals surface area contributed by atoms with Crippen molar-refractivity contribution in [3.63, 3.8) is 0 Å². The highest BCUT2D eigenvalue weighted by Crippen LogP contribution is 2.24. The van der Waals surface area contributed by atoms with Crippen LogP contribution < -0.4 is 0 Å². The zero-order valence-electron chi connectivity index (χ0n) is 13.4. The standard InChI is InChI=1S/C21H16O4/c22-20(25-14-15-6-2-1-3-7-15)13-11-16-10-12-19(21(23)24)18-9-5-4-8-17(16)18/h1-13H,14H2,(H,23,24). The Morgan fingerprint density at radius 1 is 0.880 bits per heavy atom. The maximum absolute atomic E-state index is 11.9. The molecule has 3 aromatic carbocycles. The molecule has 0 aromatic heterocycles. The van der Waals surface area contributed by atoms with Crippen molar-refractivity contribution < 1.29 is 19.4 Å². The summed E-state index contributed by atoms with van der Waals surface area (Å²) in [6, 6.07) is 19.9. The lowest BCUT2D eigenvalue weighted by atomic mass is 9.99. The van der Waals surface area contributed by atoms with Crippen LogP contribution in [0.1, 0.15) is 21.5 Å². The van der Waals surface area contributed by atoms with Crippen LogP contribution in [0.2, 0.25) is 0 Å². The number of carboxylic acids is 1. The average molecular weight is 332 g/mol. The summed E-state index contributed by atoms with van der Waals surface area (Å²) < 4.78 is 5.20. The normalized spacial score (nSPS) is 10.9. The third-order valence-corrected chi connectivity index (χ3v) is 3.81. The summed E-state index contributed by atoms with van der Waals surface area (Å²) in [4.78, 5) is 23.2. The van der Waals surface area contributed by atoms with Gasteiger partial charge >= 0.3 is 11.9 Å². The van der Waals surface area contributed by atoms with Crippen molar-refractivity contribution in [1.29, 1.82) is 0 Å². The first kappa shape index (κ1) is 16.5. The zero-order chi connectivity index (χ0) is 17.6. The van der Waals surface area contributed by atoms with E-state index in [0.717, 1.165) is 16.5 Å². The van der Waals surface area contributed by atoms with Crippen molar-refractivity contribution in [1.82, 2.24) is 0 Å². The molecule has 3 aromatic rings. The highest BCUT2D eigenvalue weighted by molar-refractivity contribution is 6.06. The summed E-state index contributed by atoms with van der Waals surface area (Å²) in [5.41, 5.74) is 1.91. The number of ether oxygens (including phenoxy) is 1. The van der Waals surface area contributed by atoms with Crippen LogP contribution in [0.5, 0.6) is 0 Å². The van der Waals surface area contributed by atoms with Gasteiger partial charge in [0.1, 0.15) is 6.61 Å². The Balaban J connectivity index is 1.78. The minimum Gasteiger partial charge on any atom is -0.478 e. The van der Waals surface area contributed by atoms with E-state index < -0.39 is 11.9 Å². The van der Waals surface area contributed by atoms with Gasteiger partial charge in [0.25, 0.3) is 0 Å². The molecule has 0 spiro atoms. The van der Waals surface area contributed by atoms with E-state index in [1.165, 1.54) is 6.08 Å². The van der Waals surface area contributed by atoms with Crippen LogP contribution in [0.3, 0.4) is 0 Å². The number of aromatic carboxylic acids is 1. The van der Waals surface area contributed by atoms with Gasteiger partial charge in [0.05, 0.1) is 5.56 Å². The zero-order valence-corrected chi connectivity index (χ0v) is 13.4. The van der Waals surface area contributed by atoms with Gasteiger partial charge in [-0.25, -0.2) is 9.59 Å². The molecule has 124 valence electrons. The van der Waals surface area contributed by atoms with Gasteiger partial charge in [0, 0.05) is 6.08 Å². The fourth-order valence-corrected chi connectivity index (χ4v) is 2.59. The van der Waals surface area contributed by atoms with E-state index in [0.29, 0.717) is 5.39 Å². The van der Waals surface area contributed by atoms with Crippen LogP contribution in [0.15, 0.2) is 72.8 Å². The molecular formula is C21H16O4. The SMILES string of the molecule is O=C(C=Cc1ccc(C(=O)O)c2ccccc12)OCc1ccccc1. The third kappa shape index (κ3) is 3.93. The third-order valence-electron chi connectivity index (χ3n) is 3.81. The molecule has 0 bridgehead atoms. The Hall–Kier alpha value is -3.40. The monoisotopic (exact) mass is 332 g/mol. The van der Waals surface area contributed by atoms with Crippen molar-refractivity contribution in [3.8, 4) is 0 Å². The van der Waals surface area contributed by atoms with Gasteiger partial charge in [-0.05, 0) is 34.0 Å². The minimum absolute atomic E-state index is 0.211. The molecule has 0 saturated heterocycles. The molecule has 0 radical (unpaired) electrons. The predicted molar refractivity (Wildman–Crippen MR) is 96.2 cm³/mol. The highest BCUT2D eigenvalue weighted by atomic mass is 16.5. The van der Waals surface area contributed by atoms with Crippen LogP contribution >= 0.6 is 0 Å². The molecule has 0 atom stereocenters. The highest BCUT2D eigenvalue weighted by Gasteiger charge is 2.10. The van der Waals surface area contributed by atoms with Crippen molar-refractivity contribution in [2.24, 2.45) is 0 Å². The Labute approximate surface area is 145 Å². The minimum atomic E-state index is -0.978. The van der Waals surface area contributed by atoms with E-state index in [1.807, 2.05) is 42.5 Å². The number of carbonyl (C=O) groups excluding carboxylic acids is 1. The van der Waals surface area contributed by atoms with E-state index in [-0.39, 0.29) is 12.2 Å². The molecule has 0 amide bonds. The molecule has 0 aliphatic carbocycles. The fraction of sp³-hybridized carbons (Fsp3) is 0.0476. The van der Waals surface area contributed by atoms with Crippen LogP contribution in [0.4, 0.5) is 0 Å². The lowest BCUT2D eigenvalue weighted by Gasteiger charge is -2.06. The molecule has 4 heteroatoms. The summed E-state index contributed by atoms with van der Waals surface area (Å²) in [7, 11) is 0. The summed E-state index contributed by atoms with van der Waals surface area (Å²) >= 11 is 0. The Morgan fingerprint density at radius 3 is 2.28 bits per heavy atom. The molecule has 0 heterocycles. The second kappa shape index (κ2) is 7.45. The van der Waals surface area contributed by atoms with Crippen molar-refractivity contribution in [2.45, 2.75) is 6.61 Å². The summed E-state index contributed by atoms with van der Waals surface area (Å²) in [5, 5.41) is 10.7. The first-order valence-corrected chi connectivity index (χ1v) is 7.79. The second-order valence-corrected chi connectivity index (χ2v) is 5.48. The van der Waals surface area contributed by atoms with Gasteiger partial charge < -0.3 is 9.84 Å². The predicted octanol–water partition coefficient (Wildman–Crippen LogP) is 4.29. The Morgan fingerprint density at radius 2 is 1.56 bits per heavy atom. The van der Waals surface area contributed by atoms with E-state index in [1.54, 1.807) is 30.3 Å². The number of benzene rings is 3. The van der Waals surface area contributed by atoms with Gasteiger partial charge in [-0.15, -0.1) is 0 Å². The molecular weight excluding hydrogens is 316 g/mol. The van der Waals surface area contributed by atoms with E-state index in [9.17, 15) is 14.7 Å². The first-order valence-electron chi connectivity index (χ1n) is 7.79. The van der Waals surface area contributed by atoms with Gasteiger partial charge in [-0.3, -0.25) is 0 Å². The number of esters is 1. The van der Waals surface area contributed by atoms with Gasteiger partial charge in [0.15, 0.2) is 0 Å². The van der Waals surface area contributed by atoms with Crippen molar-refractivity contribution in [2.75, 3.05) is 0 Å². The number of carboxylic acid groups (broad SMARTS) is 1. The molecule has 0 fully saturated rings. The van der Waals surface area contributed by atoms with Gasteiger partial charge in [-0.1, -0.05) is 60.7 Å². The summed E-state index contributed by atoms with van der Waals surface area (Å²) in [6.45, 7) is 0.211. The molecule has 3 rings (SSSR count). The number of carbonyl (C=O) groups is 2. The van der Waals surface area contributed by atoms with Gasteiger partial charge in [-0.2, -0.15) is 0 Å². The summed E-state index contributed by atoms with van der Waals surface area (Å²) in [5.74, 6) is -1.43. The molecule has 0 aliphatic rings. The van der Waals surface area contributed by atoms with Crippen molar-refractivity contribution in [3.05, 3.63) is 89.5 Å². The number of hydrogen-bond donors (Lipinski definition) is 1. The Kier molecular flexibility index (Phi) is 4.90. The quantitative estimate of drug-likeness (QED) is 0.559. The number of hydrogen-bond acceptors (Lipinski definition) is 3. The second-order valence-electron chi connectivity index (χ2n) is 5.48. The van der Waals surface area contributed by atoms with Crippen molar-refractivity contribution >= 4 is 28.8 Å². The van der Waals surface area contributed by atoms with E-state index in [4.69, 9.17) is 4.74 Å². The molecule has 0 unspecified atom stereocenters. The summed E-state index contributed by atoms with van der Waals surface area (Å²) in [6.07, 6.45) is 2.99. The first-order chi connectivity index (χ1) is 12.1. The molecule has 25 heavy (non-hydrogen) atoms. The smallest absolute Gasteiger partial charge is 0.336 e. The topological polar surface area (TPSA) is 63.6 Å². The van der Waals surface area contributed by atoms with E-state index in [2.05, 4.69) is 0 Å². The maximum Gasteiger partial charge on any atom is 0.336 e. The van der Waals surface area contributed by atoms with Crippen LogP contribution in [-0.2, 0) is 16.1 Å². The molecule has 0 saturated carbocycles. The maximum atomic E-state index is 11.9. The number of fused-ring (bicyclic) bond motifs is 1. The molecule has 4 nitrogen and oxygen atoms in total. The Bertz CT molecular complexity index is 943. The van der Waals surface area contributed by atoms with E-state index >= 15 is 0 Å². The average Bonchev–Trinajstić information content (AvgIpc) is 2.65. The lowest BCUT2D eigenvalue weighted by molar-refractivity contribution is -0.138. The molecule has 1 N–H and O–H groups in total. The largest absolute Gasteiger partial charge is 0.478 e. The number of rotatable bonds is 5.